The fourth-order valence-electron chi connectivity index (χ4n) is 2.09. The van der Waals surface area contributed by atoms with E-state index in [1.54, 1.807) is 30.2 Å². The maximum Gasteiger partial charge on any atom is 0.225 e. The standard InChI is InChI=1S/C17H16N2O2S2/c1-21-13-3-5-14(6-4-13)22-9-8-17(20)19-12-2-7-16-15(10-12)18-11-23-16/h2-7,10-11H,8-9H2,1H3,(H,19,20). The Bertz CT molecular complexity index is 800. The third-order valence-corrected chi connectivity index (χ3v) is 5.10. The van der Waals surface area contributed by atoms with Crippen molar-refractivity contribution < 1.29 is 9.53 Å². The van der Waals surface area contributed by atoms with E-state index in [2.05, 4.69) is 10.3 Å². The van der Waals surface area contributed by atoms with Crippen LogP contribution < -0.4 is 10.1 Å². The molecule has 0 aliphatic carbocycles. The lowest BCUT2D eigenvalue weighted by Crippen LogP contribution is -2.12. The van der Waals surface area contributed by atoms with Gasteiger partial charge in [0.25, 0.3) is 0 Å². The molecule has 3 aromatic rings. The summed E-state index contributed by atoms with van der Waals surface area (Å²) in [4.78, 5) is 17.4. The second-order valence-corrected chi connectivity index (χ2v) is 6.91. The molecule has 0 aliphatic rings. The first kappa shape index (κ1) is 15.8. The minimum atomic E-state index is 0.0144. The predicted octanol–water partition coefficient (Wildman–Crippen LogP) is 4.43. The minimum Gasteiger partial charge on any atom is -0.497 e. The molecule has 2 aromatic carbocycles. The van der Waals surface area contributed by atoms with Crippen molar-refractivity contribution in [1.29, 1.82) is 0 Å². The molecule has 1 aromatic heterocycles. The van der Waals surface area contributed by atoms with Crippen molar-refractivity contribution >= 4 is 44.9 Å². The minimum absolute atomic E-state index is 0.0144. The van der Waals surface area contributed by atoms with Crippen LogP contribution in [0.1, 0.15) is 6.42 Å². The fraction of sp³-hybridized carbons (Fsp3) is 0.176. The molecule has 0 unspecified atom stereocenters. The van der Waals surface area contributed by atoms with Gasteiger partial charge >= 0.3 is 0 Å². The van der Waals surface area contributed by atoms with Gasteiger partial charge < -0.3 is 10.1 Å². The van der Waals surface area contributed by atoms with Crippen molar-refractivity contribution in [3.8, 4) is 5.75 Å². The summed E-state index contributed by atoms with van der Waals surface area (Å²) in [5, 5.41) is 2.92. The van der Waals surface area contributed by atoms with E-state index in [0.29, 0.717) is 6.42 Å². The van der Waals surface area contributed by atoms with E-state index >= 15 is 0 Å². The maximum atomic E-state index is 12.0. The van der Waals surface area contributed by atoms with Gasteiger partial charge in [-0.2, -0.15) is 0 Å². The lowest BCUT2D eigenvalue weighted by molar-refractivity contribution is -0.115. The number of nitrogens with zero attached hydrogens (tertiary/aromatic N) is 1. The number of amides is 1. The highest BCUT2D eigenvalue weighted by Gasteiger charge is 2.05. The molecule has 23 heavy (non-hydrogen) atoms. The number of thiazole rings is 1. The number of rotatable bonds is 6. The van der Waals surface area contributed by atoms with Gasteiger partial charge in [0.05, 0.1) is 22.8 Å². The molecule has 0 aliphatic heterocycles. The largest absolute Gasteiger partial charge is 0.497 e. The summed E-state index contributed by atoms with van der Waals surface area (Å²) in [6.45, 7) is 0. The van der Waals surface area contributed by atoms with Gasteiger partial charge in [-0.15, -0.1) is 23.1 Å². The molecule has 1 heterocycles. The molecule has 0 spiro atoms. The Morgan fingerprint density at radius 3 is 2.87 bits per heavy atom. The van der Waals surface area contributed by atoms with E-state index in [1.165, 1.54) is 0 Å². The molecule has 1 amide bonds. The van der Waals surface area contributed by atoms with Crippen molar-refractivity contribution in [1.82, 2.24) is 4.98 Å². The fourth-order valence-corrected chi connectivity index (χ4v) is 3.60. The highest BCUT2D eigenvalue weighted by Crippen LogP contribution is 2.23. The predicted molar refractivity (Wildman–Crippen MR) is 96.6 cm³/mol. The van der Waals surface area contributed by atoms with Crippen molar-refractivity contribution in [2.24, 2.45) is 0 Å². The SMILES string of the molecule is COc1ccc(SCCC(=O)Nc2ccc3scnc3c2)cc1. The van der Waals surface area contributed by atoms with Crippen LogP contribution in [0.4, 0.5) is 5.69 Å². The summed E-state index contributed by atoms with van der Waals surface area (Å²) in [5.74, 6) is 1.59. The van der Waals surface area contributed by atoms with Crippen LogP contribution in [0.25, 0.3) is 10.2 Å². The van der Waals surface area contributed by atoms with Gasteiger partial charge in [0.1, 0.15) is 5.75 Å². The zero-order chi connectivity index (χ0) is 16.1. The average molecular weight is 344 g/mol. The van der Waals surface area contributed by atoms with Crippen LogP contribution in [0, 0.1) is 0 Å². The van der Waals surface area contributed by atoms with Gasteiger partial charge in [-0.05, 0) is 42.5 Å². The van der Waals surface area contributed by atoms with Crippen LogP contribution >= 0.6 is 23.1 Å². The lowest BCUT2D eigenvalue weighted by Gasteiger charge is -2.06. The molecular weight excluding hydrogens is 328 g/mol. The first-order chi connectivity index (χ1) is 11.2. The average Bonchev–Trinajstić information content (AvgIpc) is 3.03. The summed E-state index contributed by atoms with van der Waals surface area (Å²) in [6, 6.07) is 13.6. The third kappa shape index (κ3) is 4.24. The number of benzene rings is 2. The molecule has 3 rings (SSSR count). The van der Waals surface area contributed by atoms with Gasteiger partial charge in [0.2, 0.25) is 5.91 Å². The molecule has 0 bridgehead atoms. The Morgan fingerprint density at radius 1 is 1.26 bits per heavy atom. The number of hydrogen-bond acceptors (Lipinski definition) is 5. The van der Waals surface area contributed by atoms with Crippen LogP contribution in [0.5, 0.6) is 5.75 Å². The Morgan fingerprint density at radius 2 is 2.09 bits per heavy atom. The second kappa shape index (κ2) is 7.48. The highest BCUT2D eigenvalue weighted by molar-refractivity contribution is 7.99. The molecule has 1 N–H and O–H groups in total. The Balaban J connectivity index is 1.48. The second-order valence-electron chi connectivity index (χ2n) is 4.86. The van der Waals surface area contributed by atoms with Crippen LogP contribution in [-0.2, 0) is 4.79 Å². The molecule has 4 nitrogen and oxygen atoms in total. The Kier molecular flexibility index (Phi) is 5.15. The number of ether oxygens (including phenoxy) is 1. The summed E-state index contributed by atoms with van der Waals surface area (Å²) in [5.41, 5.74) is 3.52. The topological polar surface area (TPSA) is 51.2 Å². The number of methoxy groups -OCH3 is 1. The van der Waals surface area contributed by atoms with E-state index in [4.69, 9.17) is 4.74 Å². The van der Waals surface area contributed by atoms with Crippen molar-refractivity contribution in [3.63, 3.8) is 0 Å². The third-order valence-electron chi connectivity index (χ3n) is 3.27. The van der Waals surface area contributed by atoms with Gasteiger partial charge in [-0.1, -0.05) is 0 Å². The Labute approximate surface area is 142 Å². The number of hydrogen-bond donors (Lipinski definition) is 1. The molecule has 0 radical (unpaired) electrons. The summed E-state index contributed by atoms with van der Waals surface area (Å²) in [7, 11) is 1.65. The van der Waals surface area contributed by atoms with Crippen molar-refractivity contribution in [2.45, 2.75) is 11.3 Å². The molecule has 0 fully saturated rings. The lowest BCUT2D eigenvalue weighted by atomic mass is 10.3. The van der Waals surface area contributed by atoms with Crippen molar-refractivity contribution in [3.05, 3.63) is 48.0 Å². The monoisotopic (exact) mass is 344 g/mol. The molecule has 6 heteroatoms. The number of carbonyl (C=O) groups excluding carboxylic acids is 1. The first-order valence-corrected chi connectivity index (χ1v) is 9.01. The van der Waals surface area contributed by atoms with Crippen LogP contribution in [0.2, 0.25) is 0 Å². The van der Waals surface area contributed by atoms with Gasteiger partial charge in [0.15, 0.2) is 0 Å². The van der Waals surface area contributed by atoms with Gasteiger partial charge in [0, 0.05) is 22.8 Å². The summed E-state index contributed by atoms with van der Waals surface area (Å²) in [6.07, 6.45) is 0.464. The number of fused-ring (bicyclic) bond motifs is 1. The number of thioether (sulfide) groups is 1. The molecule has 118 valence electrons. The summed E-state index contributed by atoms with van der Waals surface area (Å²) < 4.78 is 6.25. The Hall–Kier alpha value is -2.05. The van der Waals surface area contributed by atoms with E-state index in [0.717, 1.165) is 32.3 Å². The zero-order valence-electron chi connectivity index (χ0n) is 12.6. The normalized spacial score (nSPS) is 10.7. The van der Waals surface area contributed by atoms with E-state index in [1.807, 2.05) is 48.0 Å². The number of anilines is 1. The van der Waals surface area contributed by atoms with Crippen molar-refractivity contribution in [2.75, 3.05) is 18.2 Å². The number of nitrogens with one attached hydrogen (secondary N) is 1. The number of carbonyl (C=O) groups is 1. The van der Waals surface area contributed by atoms with Crippen LogP contribution in [0.3, 0.4) is 0 Å². The van der Waals surface area contributed by atoms with Gasteiger partial charge in [-0.3, -0.25) is 4.79 Å². The van der Waals surface area contributed by atoms with Crippen LogP contribution in [-0.4, -0.2) is 23.8 Å². The molecule has 0 saturated heterocycles. The van der Waals surface area contributed by atoms with Gasteiger partial charge in [-0.25, -0.2) is 4.98 Å². The van der Waals surface area contributed by atoms with Crippen LogP contribution in [0.15, 0.2) is 52.9 Å². The molecule has 0 atom stereocenters. The summed E-state index contributed by atoms with van der Waals surface area (Å²) >= 11 is 3.25. The highest BCUT2D eigenvalue weighted by atomic mass is 32.2. The first-order valence-electron chi connectivity index (χ1n) is 7.14. The van der Waals surface area contributed by atoms with E-state index in [9.17, 15) is 4.79 Å². The molecular formula is C17H16N2O2S2. The number of aromatic nitrogens is 1. The smallest absolute Gasteiger partial charge is 0.225 e. The molecule has 0 saturated carbocycles. The van der Waals surface area contributed by atoms with E-state index in [-0.39, 0.29) is 5.91 Å². The zero-order valence-corrected chi connectivity index (χ0v) is 14.2. The maximum absolute atomic E-state index is 12.0. The van der Waals surface area contributed by atoms with E-state index < -0.39 is 0 Å². The quantitative estimate of drug-likeness (QED) is 0.672.